The Labute approximate surface area is 119 Å². The summed E-state index contributed by atoms with van der Waals surface area (Å²) in [4.78, 5) is 12.8. The molecular weight excluding hydrogens is 278 g/mol. The Morgan fingerprint density at radius 1 is 1.35 bits per heavy atom. The third-order valence-corrected chi connectivity index (χ3v) is 5.36. The molecule has 1 aliphatic rings. The van der Waals surface area contributed by atoms with Gasteiger partial charge in [0.1, 0.15) is 9.84 Å². The van der Waals surface area contributed by atoms with Gasteiger partial charge in [-0.15, -0.1) is 0 Å². The van der Waals surface area contributed by atoms with Crippen LogP contribution in [0.4, 0.5) is 5.69 Å². The Bertz CT molecular complexity index is 589. The minimum absolute atomic E-state index is 0.00758. The fourth-order valence-electron chi connectivity index (χ4n) is 2.58. The normalized spacial score (nSPS) is 17.1. The van der Waals surface area contributed by atoms with E-state index in [0.717, 1.165) is 11.3 Å². The predicted molar refractivity (Wildman–Crippen MR) is 77.9 cm³/mol. The Morgan fingerprint density at radius 3 is 2.55 bits per heavy atom. The van der Waals surface area contributed by atoms with Crippen molar-refractivity contribution in [3.63, 3.8) is 0 Å². The smallest absolute Gasteiger partial charge is 0.307 e. The van der Waals surface area contributed by atoms with Crippen molar-refractivity contribution in [2.45, 2.75) is 24.5 Å². The first-order chi connectivity index (χ1) is 9.36. The van der Waals surface area contributed by atoms with Crippen LogP contribution in [0.2, 0.25) is 0 Å². The lowest BCUT2D eigenvalue weighted by Crippen LogP contribution is -2.39. The van der Waals surface area contributed by atoms with E-state index in [1.807, 2.05) is 18.2 Å². The van der Waals surface area contributed by atoms with Crippen LogP contribution in [0.1, 0.15) is 18.4 Å². The van der Waals surface area contributed by atoms with Gasteiger partial charge < -0.3 is 10.0 Å². The van der Waals surface area contributed by atoms with E-state index in [0.29, 0.717) is 25.9 Å². The molecular formula is C14H19NO4S. The molecule has 1 heterocycles. The second kappa shape index (κ2) is 5.83. The summed E-state index contributed by atoms with van der Waals surface area (Å²) in [5.41, 5.74) is 1.73. The zero-order valence-corrected chi connectivity index (χ0v) is 12.3. The van der Waals surface area contributed by atoms with E-state index in [2.05, 4.69) is 4.90 Å². The number of aliphatic carboxylic acids is 1. The highest BCUT2D eigenvalue weighted by Gasteiger charge is 2.26. The number of benzene rings is 1. The number of carbonyl (C=O) groups is 1. The van der Waals surface area contributed by atoms with Crippen molar-refractivity contribution >= 4 is 21.5 Å². The predicted octanol–water partition coefficient (Wildman–Crippen LogP) is 1.33. The summed E-state index contributed by atoms with van der Waals surface area (Å²) in [6.07, 6.45) is 2.55. The molecule has 1 N–H and O–H groups in total. The number of rotatable bonds is 4. The van der Waals surface area contributed by atoms with E-state index in [1.54, 1.807) is 6.07 Å². The van der Waals surface area contributed by atoms with Gasteiger partial charge in [0.05, 0.1) is 11.7 Å². The fraction of sp³-hybridized carbons (Fsp3) is 0.500. The van der Waals surface area contributed by atoms with Crippen LogP contribution in [0, 0.1) is 0 Å². The van der Waals surface area contributed by atoms with E-state index in [-0.39, 0.29) is 11.7 Å². The standard InChI is InChI=1S/C14H19NO4S/c1-20(18,19)13-5-7-15(8-6-13)12-4-2-3-11(9-12)10-14(16)17/h2-4,9,13H,5-8,10H2,1H3,(H,16,17). The summed E-state index contributed by atoms with van der Waals surface area (Å²) < 4.78 is 23.0. The highest BCUT2D eigenvalue weighted by Crippen LogP contribution is 2.24. The summed E-state index contributed by atoms with van der Waals surface area (Å²) in [7, 11) is -2.96. The maximum Gasteiger partial charge on any atom is 0.307 e. The van der Waals surface area contributed by atoms with E-state index < -0.39 is 15.8 Å². The summed E-state index contributed by atoms with van der Waals surface area (Å²) in [6.45, 7) is 1.38. The summed E-state index contributed by atoms with van der Waals surface area (Å²) in [5, 5.41) is 8.56. The van der Waals surface area contributed by atoms with Gasteiger partial charge in [0.25, 0.3) is 0 Å². The molecule has 0 unspecified atom stereocenters. The molecule has 1 aromatic rings. The third kappa shape index (κ3) is 3.72. The first-order valence-corrected chi connectivity index (χ1v) is 8.56. The largest absolute Gasteiger partial charge is 0.481 e. The topological polar surface area (TPSA) is 74.7 Å². The first kappa shape index (κ1) is 14.8. The number of carboxylic acids is 1. The van der Waals surface area contributed by atoms with Gasteiger partial charge in [-0.05, 0) is 30.5 Å². The number of hydrogen-bond acceptors (Lipinski definition) is 4. The van der Waals surface area contributed by atoms with Gasteiger partial charge in [0.15, 0.2) is 0 Å². The zero-order valence-electron chi connectivity index (χ0n) is 11.4. The van der Waals surface area contributed by atoms with Gasteiger partial charge in [-0.25, -0.2) is 8.42 Å². The van der Waals surface area contributed by atoms with Gasteiger partial charge in [-0.1, -0.05) is 12.1 Å². The third-order valence-electron chi connectivity index (χ3n) is 3.68. The SMILES string of the molecule is CS(=O)(=O)C1CCN(c2cccc(CC(=O)O)c2)CC1. The zero-order chi connectivity index (χ0) is 14.8. The van der Waals surface area contributed by atoms with Gasteiger partial charge >= 0.3 is 5.97 Å². The van der Waals surface area contributed by atoms with Crippen molar-refractivity contribution in [3.8, 4) is 0 Å². The molecule has 0 atom stereocenters. The second-order valence-corrected chi connectivity index (χ2v) is 7.58. The minimum atomic E-state index is -2.96. The molecule has 1 aromatic carbocycles. The first-order valence-electron chi connectivity index (χ1n) is 6.61. The van der Waals surface area contributed by atoms with Crippen LogP contribution in [0.3, 0.4) is 0 Å². The van der Waals surface area contributed by atoms with Crippen molar-refractivity contribution < 1.29 is 18.3 Å². The van der Waals surface area contributed by atoms with Crippen LogP contribution in [0.25, 0.3) is 0 Å². The molecule has 0 radical (unpaired) electrons. The second-order valence-electron chi connectivity index (χ2n) is 5.26. The minimum Gasteiger partial charge on any atom is -0.481 e. The molecule has 1 aliphatic heterocycles. The number of hydrogen-bond donors (Lipinski definition) is 1. The molecule has 5 nitrogen and oxygen atoms in total. The monoisotopic (exact) mass is 297 g/mol. The van der Waals surface area contributed by atoms with Crippen molar-refractivity contribution in [2.75, 3.05) is 24.2 Å². The highest BCUT2D eigenvalue weighted by atomic mass is 32.2. The van der Waals surface area contributed by atoms with Crippen LogP contribution in [-0.2, 0) is 21.1 Å². The van der Waals surface area contributed by atoms with Gasteiger partial charge in [0.2, 0.25) is 0 Å². The Kier molecular flexibility index (Phi) is 4.32. The van der Waals surface area contributed by atoms with Crippen molar-refractivity contribution in [3.05, 3.63) is 29.8 Å². The summed E-state index contributed by atoms with van der Waals surface area (Å²) in [5.74, 6) is -0.849. The number of anilines is 1. The van der Waals surface area contributed by atoms with Crippen LogP contribution in [0.15, 0.2) is 24.3 Å². The number of nitrogens with zero attached hydrogens (tertiary/aromatic N) is 1. The lowest BCUT2D eigenvalue weighted by molar-refractivity contribution is -0.136. The lowest BCUT2D eigenvalue weighted by Gasteiger charge is -2.33. The Balaban J connectivity index is 2.05. The highest BCUT2D eigenvalue weighted by molar-refractivity contribution is 7.91. The average molecular weight is 297 g/mol. The van der Waals surface area contributed by atoms with Crippen molar-refractivity contribution in [2.24, 2.45) is 0 Å². The Hall–Kier alpha value is -1.56. The quantitative estimate of drug-likeness (QED) is 0.907. The number of piperidine rings is 1. The Morgan fingerprint density at radius 2 is 2.00 bits per heavy atom. The molecule has 0 aromatic heterocycles. The molecule has 0 bridgehead atoms. The fourth-order valence-corrected chi connectivity index (χ4v) is 3.65. The van der Waals surface area contributed by atoms with Crippen LogP contribution >= 0.6 is 0 Å². The maximum absolute atomic E-state index is 11.5. The van der Waals surface area contributed by atoms with Gasteiger partial charge in [-0.3, -0.25) is 4.79 Å². The molecule has 0 spiro atoms. The lowest BCUT2D eigenvalue weighted by atomic mass is 10.1. The van der Waals surface area contributed by atoms with Gasteiger partial charge in [0, 0.05) is 25.0 Å². The molecule has 1 fully saturated rings. The molecule has 2 rings (SSSR count). The maximum atomic E-state index is 11.5. The van der Waals surface area contributed by atoms with Crippen LogP contribution in [0.5, 0.6) is 0 Å². The number of carboxylic acid groups (broad SMARTS) is 1. The summed E-state index contributed by atoms with van der Waals surface area (Å²) in [6, 6.07) is 7.44. The van der Waals surface area contributed by atoms with Crippen LogP contribution in [-0.4, -0.2) is 44.1 Å². The van der Waals surface area contributed by atoms with Crippen molar-refractivity contribution in [1.82, 2.24) is 0 Å². The molecule has 1 saturated heterocycles. The molecule has 6 heteroatoms. The van der Waals surface area contributed by atoms with Crippen LogP contribution < -0.4 is 4.90 Å². The summed E-state index contributed by atoms with van der Waals surface area (Å²) >= 11 is 0. The molecule has 20 heavy (non-hydrogen) atoms. The van der Waals surface area contributed by atoms with E-state index in [1.165, 1.54) is 6.26 Å². The molecule has 0 aliphatic carbocycles. The van der Waals surface area contributed by atoms with E-state index in [4.69, 9.17) is 5.11 Å². The van der Waals surface area contributed by atoms with E-state index in [9.17, 15) is 13.2 Å². The van der Waals surface area contributed by atoms with Crippen molar-refractivity contribution in [1.29, 1.82) is 0 Å². The van der Waals surface area contributed by atoms with Gasteiger partial charge in [-0.2, -0.15) is 0 Å². The molecule has 0 amide bonds. The number of sulfone groups is 1. The average Bonchev–Trinajstić information content (AvgIpc) is 2.37. The molecule has 110 valence electrons. The molecule has 0 saturated carbocycles. The van der Waals surface area contributed by atoms with E-state index >= 15 is 0 Å².